The van der Waals surface area contributed by atoms with E-state index in [4.69, 9.17) is 15.2 Å². The first-order valence-electron chi connectivity index (χ1n) is 6.68. The Bertz CT molecular complexity index is 269. The zero-order chi connectivity index (χ0) is 13.6. The van der Waals surface area contributed by atoms with Gasteiger partial charge in [0.2, 0.25) is 0 Å². The second-order valence-electron chi connectivity index (χ2n) is 5.12. The van der Waals surface area contributed by atoms with Crippen molar-refractivity contribution in [1.29, 1.82) is 0 Å². The minimum atomic E-state index is -0.835. The molecule has 2 N–H and O–H groups in total. The zero-order valence-corrected chi connectivity index (χ0v) is 11.8. The number of carbonyl (C=O) groups excluding carboxylic acids is 1. The largest absolute Gasteiger partial charge is 0.465 e. The van der Waals surface area contributed by atoms with Gasteiger partial charge in [-0.3, -0.25) is 0 Å². The van der Waals surface area contributed by atoms with Crippen LogP contribution in [0.15, 0.2) is 0 Å². The number of hydrogen-bond acceptors (Lipinski definition) is 5. The molecule has 0 amide bonds. The third-order valence-electron chi connectivity index (χ3n) is 3.38. The molecule has 0 aromatic heterocycles. The van der Waals surface area contributed by atoms with Crippen LogP contribution >= 0.6 is 0 Å². The molecule has 106 valence electrons. The van der Waals surface area contributed by atoms with Gasteiger partial charge in [0.25, 0.3) is 0 Å². The van der Waals surface area contributed by atoms with E-state index in [-0.39, 0.29) is 11.9 Å². The summed E-state index contributed by atoms with van der Waals surface area (Å²) in [6.45, 7) is 4.36. The van der Waals surface area contributed by atoms with Crippen LogP contribution in [0.5, 0.6) is 0 Å². The van der Waals surface area contributed by atoms with Gasteiger partial charge in [-0.1, -0.05) is 0 Å². The summed E-state index contributed by atoms with van der Waals surface area (Å²) < 4.78 is 10.1. The highest BCUT2D eigenvalue weighted by molar-refractivity contribution is 5.82. The van der Waals surface area contributed by atoms with Gasteiger partial charge in [0.05, 0.1) is 6.61 Å². The third-order valence-corrected chi connectivity index (χ3v) is 3.38. The van der Waals surface area contributed by atoms with Crippen LogP contribution in [-0.2, 0) is 14.3 Å². The van der Waals surface area contributed by atoms with Gasteiger partial charge in [-0.15, -0.1) is 0 Å². The van der Waals surface area contributed by atoms with Crippen LogP contribution in [0, 0.1) is 5.92 Å². The maximum absolute atomic E-state index is 12.0. The topological polar surface area (TPSA) is 64.8 Å². The molecule has 1 saturated carbocycles. The average Bonchev–Trinajstić information content (AvgIpc) is 3.13. The van der Waals surface area contributed by atoms with Crippen molar-refractivity contribution in [3.8, 4) is 0 Å². The molecule has 0 aliphatic heterocycles. The summed E-state index contributed by atoms with van der Waals surface area (Å²) in [6, 6.07) is 0. The summed E-state index contributed by atoms with van der Waals surface area (Å²) >= 11 is 0. The highest BCUT2D eigenvalue weighted by atomic mass is 16.5. The number of nitrogens with two attached hydrogens (primary N) is 1. The Morgan fingerprint density at radius 2 is 2.17 bits per heavy atom. The smallest absolute Gasteiger partial charge is 0.327 e. The summed E-state index contributed by atoms with van der Waals surface area (Å²) in [6.07, 6.45) is 3.00. The Hall–Kier alpha value is -0.650. The van der Waals surface area contributed by atoms with E-state index in [1.165, 1.54) is 0 Å². The molecular weight excluding hydrogens is 232 g/mol. The first-order chi connectivity index (χ1) is 8.54. The fourth-order valence-electron chi connectivity index (χ4n) is 2.23. The second-order valence-corrected chi connectivity index (χ2v) is 5.12. The maximum atomic E-state index is 12.0. The monoisotopic (exact) mass is 258 g/mol. The average molecular weight is 258 g/mol. The molecule has 5 nitrogen and oxygen atoms in total. The number of nitrogens with zero attached hydrogens (tertiary/aromatic N) is 1. The van der Waals surface area contributed by atoms with E-state index in [0.29, 0.717) is 13.2 Å². The predicted molar refractivity (Wildman–Crippen MR) is 70.3 cm³/mol. The first kappa shape index (κ1) is 15.4. The molecule has 0 bridgehead atoms. The van der Waals surface area contributed by atoms with Crippen LogP contribution in [0.2, 0.25) is 0 Å². The Morgan fingerprint density at radius 1 is 1.50 bits per heavy atom. The van der Waals surface area contributed by atoms with Gasteiger partial charge in [-0.05, 0) is 39.2 Å². The van der Waals surface area contributed by atoms with E-state index in [9.17, 15) is 4.79 Å². The number of hydrogen-bond donors (Lipinski definition) is 1. The van der Waals surface area contributed by atoms with E-state index in [1.807, 2.05) is 14.0 Å². The van der Waals surface area contributed by atoms with Crippen molar-refractivity contribution < 1.29 is 14.3 Å². The van der Waals surface area contributed by atoms with Crippen LogP contribution in [0.3, 0.4) is 0 Å². The van der Waals surface area contributed by atoms with Gasteiger partial charge in [-0.25, -0.2) is 4.79 Å². The molecule has 1 unspecified atom stereocenters. The molecule has 1 rings (SSSR count). The molecule has 1 aliphatic rings. The molecule has 0 heterocycles. The molecule has 0 radical (unpaired) electrons. The van der Waals surface area contributed by atoms with Gasteiger partial charge in [0, 0.05) is 26.8 Å². The second kappa shape index (κ2) is 7.07. The molecule has 0 aromatic rings. The lowest BCUT2D eigenvalue weighted by Gasteiger charge is -2.31. The molecule has 0 spiro atoms. The van der Waals surface area contributed by atoms with Gasteiger partial charge in [0.1, 0.15) is 5.54 Å². The van der Waals surface area contributed by atoms with Crippen molar-refractivity contribution in [2.45, 2.75) is 31.7 Å². The van der Waals surface area contributed by atoms with Crippen molar-refractivity contribution >= 4 is 5.97 Å². The van der Waals surface area contributed by atoms with E-state index in [0.717, 1.165) is 32.4 Å². The van der Waals surface area contributed by atoms with Gasteiger partial charge in [-0.2, -0.15) is 0 Å². The summed E-state index contributed by atoms with van der Waals surface area (Å²) in [7, 11) is 3.68. The number of ether oxygens (including phenoxy) is 2. The predicted octanol–water partition coefficient (Wildman–Crippen LogP) is 0.625. The van der Waals surface area contributed by atoms with Crippen molar-refractivity contribution in [2.75, 3.05) is 40.5 Å². The van der Waals surface area contributed by atoms with Crippen LogP contribution in [-0.4, -0.2) is 56.9 Å². The fourth-order valence-corrected chi connectivity index (χ4v) is 2.23. The number of carbonyl (C=O) groups is 1. The van der Waals surface area contributed by atoms with Crippen LogP contribution in [0.25, 0.3) is 0 Å². The Balaban J connectivity index is 2.48. The number of esters is 1. The van der Waals surface area contributed by atoms with E-state index in [1.54, 1.807) is 7.11 Å². The summed E-state index contributed by atoms with van der Waals surface area (Å²) in [5.74, 6) is 0.0208. The Labute approximate surface area is 110 Å². The van der Waals surface area contributed by atoms with Gasteiger partial charge >= 0.3 is 5.97 Å². The molecular formula is C13H26N2O3. The molecule has 0 saturated heterocycles. The summed E-state index contributed by atoms with van der Waals surface area (Å²) in [4.78, 5) is 14.1. The van der Waals surface area contributed by atoms with Crippen molar-refractivity contribution in [2.24, 2.45) is 11.7 Å². The van der Waals surface area contributed by atoms with Crippen LogP contribution < -0.4 is 5.73 Å². The van der Waals surface area contributed by atoms with E-state index in [2.05, 4.69) is 4.90 Å². The summed E-state index contributed by atoms with van der Waals surface area (Å²) in [5.41, 5.74) is 5.46. The van der Waals surface area contributed by atoms with Crippen LogP contribution in [0.1, 0.15) is 26.2 Å². The van der Waals surface area contributed by atoms with Gasteiger partial charge in [0.15, 0.2) is 0 Å². The highest BCUT2D eigenvalue weighted by Crippen LogP contribution is 2.39. The number of likely N-dealkylation sites (N-methyl/N-ethyl adjacent to an activating group) is 1. The molecule has 1 atom stereocenters. The SMILES string of the molecule is CCOC(=O)C(N)(CN(C)CCCOC)C1CC1. The van der Waals surface area contributed by atoms with E-state index >= 15 is 0 Å². The lowest BCUT2D eigenvalue weighted by molar-refractivity contribution is -0.151. The molecule has 5 heteroatoms. The molecule has 0 aromatic carbocycles. The van der Waals surface area contributed by atoms with Crippen molar-refractivity contribution in [1.82, 2.24) is 4.90 Å². The third kappa shape index (κ3) is 4.23. The standard InChI is InChI=1S/C13H26N2O3/c1-4-18-12(16)13(14,11-6-7-11)10-15(2)8-5-9-17-3/h11H,4-10,14H2,1-3H3. The zero-order valence-electron chi connectivity index (χ0n) is 11.8. The van der Waals surface area contributed by atoms with E-state index < -0.39 is 5.54 Å². The number of methoxy groups -OCH3 is 1. The highest BCUT2D eigenvalue weighted by Gasteiger charge is 2.49. The lowest BCUT2D eigenvalue weighted by Crippen LogP contribution is -2.58. The Kier molecular flexibility index (Phi) is 6.05. The molecule has 1 aliphatic carbocycles. The minimum Gasteiger partial charge on any atom is -0.465 e. The molecule has 18 heavy (non-hydrogen) atoms. The van der Waals surface area contributed by atoms with Crippen LogP contribution in [0.4, 0.5) is 0 Å². The lowest BCUT2D eigenvalue weighted by atomic mass is 9.94. The number of rotatable bonds is 9. The summed E-state index contributed by atoms with van der Waals surface area (Å²) in [5, 5.41) is 0. The first-order valence-corrected chi connectivity index (χ1v) is 6.68. The van der Waals surface area contributed by atoms with Gasteiger partial charge < -0.3 is 20.1 Å². The quantitative estimate of drug-likeness (QED) is 0.485. The van der Waals surface area contributed by atoms with Crippen molar-refractivity contribution in [3.05, 3.63) is 0 Å². The maximum Gasteiger partial charge on any atom is 0.327 e. The van der Waals surface area contributed by atoms with Crippen molar-refractivity contribution in [3.63, 3.8) is 0 Å². The Morgan fingerprint density at radius 3 is 2.67 bits per heavy atom. The minimum absolute atomic E-state index is 0.258. The normalized spacial score (nSPS) is 18.7. The molecule has 1 fully saturated rings. The fraction of sp³-hybridized carbons (Fsp3) is 0.923.